The molecule has 2 aliphatic rings. The lowest BCUT2D eigenvalue weighted by Gasteiger charge is -2.30. The normalized spacial score (nSPS) is 26.9. The number of rotatable bonds is 4. The Morgan fingerprint density at radius 1 is 1.38 bits per heavy atom. The highest BCUT2D eigenvalue weighted by Gasteiger charge is 2.31. The van der Waals surface area contributed by atoms with Crippen LogP contribution < -0.4 is 10.6 Å². The number of amides is 1. The van der Waals surface area contributed by atoms with Crippen LogP contribution in [0.15, 0.2) is 6.20 Å². The minimum absolute atomic E-state index is 0.311. The number of nitrogens with one attached hydrogen (secondary N) is 3. The van der Waals surface area contributed by atoms with Crippen LogP contribution in [-0.4, -0.2) is 40.5 Å². The standard InChI is InChI=1S/C18H30N4O2/c1-18(2,3)24-17(23)19-10-12-5-4-6-15(12)21-14-7-8-16-13(9-14)11-20-22-16/h11-12,14-15,21H,4-10H2,1-3H3,(H,19,23)(H,20,22)/t12-,14+,15+/m0/s1. The third kappa shape index (κ3) is 4.50. The Labute approximate surface area is 144 Å². The number of aryl methyl sites for hydroxylation is 1. The van der Waals surface area contributed by atoms with Crippen LogP contribution in [-0.2, 0) is 17.6 Å². The molecule has 0 bridgehead atoms. The molecule has 0 radical (unpaired) electrons. The van der Waals surface area contributed by atoms with E-state index < -0.39 is 5.60 Å². The first-order valence-corrected chi connectivity index (χ1v) is 9.15. The lowest BCUT2D eigenvalue weighted by atomic mass is 9.92. The van der Waals surface area contributed by atoms with Gasteiger partial charge in [-0.1, -0.05) is 6.42 Å². The van der Waals surface area contributed by atoms with Crippen LogP contribution in [0, 0.1) is 5.92 Å². The summed E-state index contributed by atoms with van der Waals surface area (Å²) in [6, 6.07) is 1.00. The molecule has 1 aromatic rings. The number of carbonyl (C=O) groups is 1. The van der Waals surface area contributed by atoms with Gasteiger partial charge in [-0.05, 0) is 64.4 Å². The topological polar surface area (TPSA) is 79.0 Å². The zero-order chi connectivity index (χ0) is 17.2. The largest absolute Gasteiger partial charge is 0.444 e. The van der Waals surface area contributed by atoms with E-state index in [0.29, 0.717) is 24.5 Å². The quantitative estimate of drug-likeness (QED) is 0.791. The Kier molecular flexibility index (Phi) is 5.13. The maximum Gasteiger partial charge on any atom is 0.407 e. The number of alkyl carbamates (subject to hydrolysis) is 1. The first-order chi connectivity index (χ1) is 11.4. The van der Waals surface area contributed by atoms with Crippen molar-refractivity contribution in [3.8, 4) is 0 Å². The SMILES string of the molecule is CC(C)(C)OC(=O)NC[C@@H]1CCC[C@H]1N[C@@H]1CCc2[nH]ncc2C1. The van der Waals surface area contributed by atoms with Crippen molar-refractivity contribution >= 4 is 6.09 Å². The summed E-state index contributed by atoms with van der Waals surface area (Å²) in [6.45, 7) is 6.36. The molecular formula is C18H30N4O2. The highest BCUT2D eigenvalue weighted by Crippen LogP contribution is 2.27. The number of aromatic nitrogens is 2. The summed E-state index contributed by atoms with van der Waals surface area (Å²) >= 11 is 0. The minimum atomic E-state index is -0.443. The van der Waals surface area contributed by atoms with Gasteiger partial charge >= 0.3 is 6.09 Å². The van der Waals surface area contributed by atoms with E-state index in [2.05, 4.69) is 20.8 Å². The first-order valence-electron chi connectivity index (χ1n) is 9.15. The summed E-state index contributed by atoms with van der Waals surface area (Å²) in [7, 11) is 0. The number of nitrogens with zero attached hydrogens (tertiary/aromatic N) is 1. The lowest BCUT2D eigenvalue weighted by molar-refractivity contribution is 0.0517. The Balaban J connectivity index is 1.47. The number of aromatic amines is 1. The van der Waals surface area contributed by atoms with Gasteiger partial charge in [-0.25, -0.2) is 4.79 Å². The molecule has 24 heavy (non-hydrogen) atoms. The maximum absolute atomic E-state index is 11.9. The third-order valence-electron chi connectivity index (χ3n) is 5.03. The fourth-order valence-corrected chi connectivity index (χ4v) is 3.89. The number of H-pyrrole nitrogens is 1. The monoisotopic (exact) mass is 334 g/mol. The van der Waals surface area contributed by atoms with E-state index in [4.69, 9.17) is 4.74 Å². The molecule has 0 aliphatic heterocycles. The van der Waals surface area contributed by atoms with Crippen molar-refractivity contribution in [2.45, 2.75) is 77.0 Å². The Bertz CT molecular complexity index is 564. The van der Waals surface area contributed by atoms with Crippen molar-refractivity contribution in [1.82, 2.24) is 20.8 Å². The fraction of sp³-hybridized carbons (Fsp3) is 0.778. The van der Waals surface area contributed by atoms with E-state index in [-0.39, 0.29) is 6.09 Å². The van der Waals surface area contributed by atoms with Crippen LogP contribution in [0.3, 0.4) is 0 Å². The van der Waals surface area contributed by atoms with E-state index in [1.807, 2.05) is 27.0 Å². The Hall–Kier alpha value is -1.56. The molecule has 134 valence electrons. The van der Waals surface area contributed by atoms with Crippen molar-refractivity contribution in [1.29, 1.82) is 0 Å². The minimum Gasteiger partial charge on any atom is -0.444 e. The summed E-state index contributed by atoms with van der Waals surface area (Å²) in [4.78, 5) is 11.9. The van der Waals surface area contributed by atoms with Gasteiger partial charge in [-0.15, -0.1) is 0 Å². The van der Waals surface area contributed by atoms with E-state index in [1.54, 1.807) is 0 Å². The second kappa shape index (κ2) is 7.13. The van der Waals surface area contributed by atoms with E-state index in [9.17, 15) is 4.79 Å². The molecule has 0 unspecified atom stereocenters. The molecule has 0 aromatic carbocycles. The van der Waals surface area contributed by atoms with Crippen molar-refractivity contribution in [2.24, 2.45) is 5.92 Å². The molecular weight excluding hydrogens is 304 g/mol. The van der Waals surface area contributed by atoms with Gasteiger partial charge in [-0.3, -0.25) is 5.10 Å². The van der Waals surface area contributed by atoms with Gasteiger partial charge in [0.15, 0.2) is 0 Å². The highest BCUT2D eigenvalue weighted by atomic mass is 16.6. The van der Waals surface area contributed by atoms with Crippen LogP contribution in [0.4, 0.5) is 4.79 Å². The molecule has 0 saturated heterocycles. The molecule has 0 spiro atoms. The van der Waals surface area contributed by atoms with Crippen LogP contribution in [0.2, 0.25) is 0 Å². The van der Waals surface area contributed by atoms with Crippen molar-refractivity contribution in [2.75, 3.05) is 6.54 Å². The van der Waals surface area contributed by atoms with Gasteiger partial charge in [0.05, 0.1) is 6.20 Å². The predicted octanol–water partition coefficient (Wildman–Crippen LogP) is 2.55. The summed E-state index contributed by atoms with van der Waals surface area (Å²) in [5.74, 6) is 0.489. The van der Waals surface area contributed by atoms with Gasteiger partial charge in [0.2, 0.25) is 0 Å². The second-order valence-corrected chi connectivity index (χ2v) is 8.16. The zero-order valence-corrected chi connectivity index (χ0v) is 15.0. The fourth-order valence-electron chi connectivity index (χ4n) is 3.89. The predicted molar refractivity (Wildman–Crippen MR) is 92.9 cm³/mol. The average molecular weight is 334 g/mol. The van der Waals surface area contributed by atoms with Gasteiger partial charge < -0.3 is 15.4 Å². The Morgan fingerprint density at radius 2 is 2.21 bits per heavy atom. The van der Waals surface area contributed by atoms with Crippen LogP contribution in [0.1, 0.15) is 57.7 Å². The molecule has 3 rings (SSSR count). The van der Waals surface area contributed by atoms with E-state index in [1.165, 1.54) is 24.1 Å². The molecule has 3 N–H and O–H groups in total. The number of ether oxygens (including phenoxy) is 1. The summed E-state index contributed by atoms with van der Waals surface area (Å²) in [5.41, 5.74) is 2.20. The number of hydrogen-bond acceptors (Lipinski definition) is 4. The average Bonchev–Trinajstić information content (AvgIpc) is 3.12. The molecule has 3 atom stereocenters. The summed E-state index contributed by atoms with van der Waals surface area (Å²) < 4.78 is 5.33. The highest BCUT2D eigenvalue weighted by molar-refractivity contribution is 5.67. The second-order valence-electron chi connectivity index (χ2n) is 8.16. The molecule has 1 amide bonds. The van der Waals surface area contributed by atoms with Gasteiger partial charge in [0, 0.05) is 24.3 Å². The van der Waals surface area contributed by atoms with Gasteiger partial charge in [0.25, 0.3) is 0 Å². The van der Waals surface area contributed by atoms with Crippen LogP contribution >= 0.6 is 0 Å². The molecule has 1 fully saturated rings. The molecule has 2 aliphatic carbocycles. The van der Waals surface area contributed by atoms with Gasteiger partial charge in [0.1, 0.15) is 5.60 Å². The van der Waals surface area contributed by atoms with E-state index in [0.717, 1.165) is 25.7 Å². The molecule has 6 nitrogen and oxygen atoms in total. The summed E-state index contributed by atoms with van der Waals surface area (Å²) in [6.07, 6.45) is 8.50. The molecule has 6 heteroatoms. The molecule has 1 aromatic heterocycles. The number of fused-ring (bicyclic) bond motifs is 1. The van der Waals surface area contributed by atoms with Gasteiger partial charge in [-0.2, -0.15) is 5.10 Å². The number of hydrogen-bond donors (Lipinski definition) is 3. The number of carbonyl (C=O) groups excluding carboxylic acids is 1. The zero-order valence-electron chi connectivity index (χ0n) is 15.0. The maximum atomic E-state index is 11.9. The molecule has 1 saturated carbocycles. The Morgan fingerprint density at radius 3 is 3.00 bits per heavy atom. The van der Waals surface area contributed by atoms with Crippen molar-refractivity contribution < 1.29 is 9.53 Å². The summed E-state index contributed by atoms with van der Waals surface area (Å²) in [5, 5.41) is 14.0. The first kappa shape index (κ1) is 17.3. The molecule has 1 heterocycles. The van der Waals surface area contributed by atoms with E-state index >= 15 is 0 Å². The third-order valence-corrected chi connectivity index (χ3v) is 5.03. The van der Waals surface area contributed by atoms with Crippen molar-refractivity contribution in [3.05, 3.63) is 17.5 Å². The lowest BCUT2D eigenvalue weighted by Crippen LogP contribution is -2.46. The smallest absolute Gasteiger partial charge is 0.407 e. The van der Waals surface area contributed by atoms with Crippen LogP contribution in [0.5, 0.6) is 0 Å². The van der Waals surface area contributed by atoms with Crippen LogP contribution in [0.25, 0.3) is 0 Å². The van der Waals surface area contributed by atoms with Crippen molar-refractivity contribution in [3.63, 3.8) is 0 Å².